The first-order valence-electron chi connectivity index (χ1n) is 6.63. The zero-order chi connectivity index (χ0) is 13.6. The Labute approximate surface area is 109 Å². The van der Waals surface area contributed by atoms with Crippen LogP contribution in [0.4, 0.5) is 0 Å². The van der Waals surface area contributed by atoms with Gasteiger partial charge in [-0.15, -0.1) is 0 Å². The Bertz CT molecular complexity index is 408. The van der Waals surface area contributed by atoms with Crippen LogP contribution in [-0.2, 0) is 14.3 Å². The van der Waals surface area contributed by atoms with Gasteiger partial charge >= 0.3 is 5.97 Å². The Kier molecular flexibility index (Phi) is 3.12. The van der Waals surface area contributed by atoms with E-state index in [2.05, 4.69) is 20.8 Å². The minimum absolute atomic E-state index is 0.0988. The maximum absolute atomic E-state index is 12.1. The molecule has 3 atom stereocenters. The fourth-order valence-corrected chi connectivity index (χ4v) is 4.05. The molecule has 3 nitrogen and oxygen atoms in total. The topological polar surface area (TPSA) is 43.4 Å². The average Bonchev–Trinajstić information content (AvgIpc) is 2.26. The molecular weight excluding hydrogens is 228 g/mol. The molecule has 0 aromatic rings. The van der Waals surface area contributed by atoms with Crippen LogP contribution in [0, 0.1) is 22.7 Å². The summed E-state index contributed by atoms with van der Waals surface area (Å²) >= 11 is 0. The van der Waals surface area contributed by atoms with Crippen molar-refractivity contribution in [1.82, 2.24) is 0 Å². The Morgan fingerprint density at radius 2 is 2.00 bits per heavy atom. The maximum Gasteiger partial charge on any atom is 0.317 e. The molecule has 0 spiro atoms. The molecule has 18 heavy (non-hydrogen) atoms. The second kappa shape index (κ2) is 4.22. The molecule has 2 aliphatic carbocycles. The molecule has 3 heteroatoms. The van der Waals surface area contributed by atoms with E-state index in [-0.39, 0.29) is 28.5 Å². The highest BCUT2D eigenvalue weighted by atomic mass is 16.5. The summed E-state index contributed by atoms with van der Waals surface area (Å²) in [5, 5.41) is 0. The molecule has 100 valence electrons. The molecule has 1 unspecified atom stereocenters. The summed E-state index contributed by atoms with van der Waals surface area (Å²) in [6, 6.07) is 0. The van der Waals surface area contributed by atoms with Gasteiger partial charge < -0.3 is 4.74 Å². The van der Waals surface area contributed by atoms with Crippen LogP contribution >= 0.6 is 0 Å². The van der Waals surface area contributed by atoms with Crippen LogP contribution in [0.15, 0.2) is 12.2 Å². The number of ketones is 1. The molecule has 0 saturated heterocycles. The van der Waals surface area contributed by atoms with E-state index >= 15 is 0 Å². The minimum Gasteiger partial charge on any atom is -0.468 e. The van der Waals surface area contributed by atoms with E-state index in [1.54, 1.807) is 6.08 Å². The van der Waals surface area contributed by atoms with E-state index < -0.39 is 5.92 Å². The summed E-state index contributed by atoms with van der Waals surface area (Å²) in [4.78, 5) is 24.0. The number of fused-ring (bicyclic) bond motifs is 1. The first kappa shape index (κ1) is 13.3. The maximum atomic E-state index is 12.1. The lowest BCUT2D eigenvalue weighted by Crippen LogP contribution is -2.52. The van der Waals surface area contributed by atoms with Crippen molar-refractivity contribution >= 4 is 11.8 Å². The highest BCUT2D eigenvalue weighted by molar-refractivity contribution is 6.06. The smallest absolute Gasteiger partial charge is 0.317 e. The third-order valence-corrected chi connectivity index (χ3v) is 4.92. The number of carbonyl (C=O) groups is 2. The van der Waals surface area contributed by atoms with Crippen molar-refractivity contribution in [2.45, 2.75) is 40.0 Å². The number of esters is 1. The van der Waals surface area contributed by atoms with Gasteiger partial charge in [0.25, 0.3) is 0 Å². The Balaban J connectivity index is 2.47. The van der Waals surface area contributed by atoms with Crippen molar-refractivity contribution in [3.63, 3.8) is 0 Å². The molecule has 0 radical (unpaired) electrons. The van der Waals surface area contributed by atoms with Crippen LogP contribution in [0.5, 0.6) is 0 Å². The summed E-state index contributed by atoms with van der Waals surface area (Å²) < 4.78 is 4.85. The molecular formula is C15H22O3. The van der Waals surface area contributed by atoms with Crippen LogP contribution in [-0.4, -0.2) is 18.9 Å². The first-order valence-corrected chi connectivity index (χ1v) is 6.63. The molecule has 2 rings (SSSR count). The predicted octanol–water partition coefficient (Wildman–Crippen LogP) is 2.75. The van der Waals surface area contributed by atoms with Gasteiger partial charge in [0.05, 0.1) is 7.11 Å². The predicted molar refractivity (Wildman–Crippen MR) is 68.9 cm³/mol. The number of carbonyl (C=O) groups excluding carboxylic acids is 2. The van der Waals surface area contributed by atoms with E-state index in [9.17, 15) is 9.59 Å². The molecule has 2 aliphatic rings. The summed E-state index contributed by atoms with van der Waals surface area (Å²) in [7, 11) is 1.36. The summed E-state index contributed by atoms with van der Waals surface area (Å²) in [6.07, 6.45) is 6.72. The van der Waals surface area contributed by atoms with E-state index in [0.29, 0.717) is 0 Å². The number of methoxy groups -OCH3 is 1. The van der Waals surface area contributed by atoms with Gasteiger partial charge in [-0.25, -0.2) is 0 Å². The molecule has 0 heterocycles. The van der Waals surface area contributed by atoms with Crippen LogP contribution < -0.4 is 0 Å². The normalized spacial score (nSPS) is 38.1. The lowest BCUT2D eigenvalue weighted by Gasteiger charge is -2.53. The third kappa shape index (κ3) is 1.80. The van der Waals surface area contributed by atoms with Gasteiger partial charge in [0, 0.05) is 0 Å². The zero-order valence-electron chi connectivity index (χ0n) is 11.7. The van der Waals surface area contributed by atoms with Crippen molar-refractivity contribution in [3.8, 4) is 0 Å². The van der Waals surface area contributed by atoms with E-state index in [0.717, 1.165) is 19.3 Å². The van der Waals surface area contributed by atoms with Crippen LogP contribution in [0.2, 0.25) is 0 Å². The van der Waals surface area contributed by atoms with Crippen LogP contribution in [0.25, 0.3) is 0 Å². The molecule has 1 fully saturated rings. The van der Waals surface area contributed by atoms with E-state index in [1.807, 2.05) is 6.08 Å². The van der Waals surface area contributed by atoms with Crippen molar-refractivity contribution in [2.24, 2.45) is 22.7 Å². The number of rotatable bonds is 1. The van der Waals surface area contributed by atoms with E-state index in [4.69, 9.17) is 4.74 Å². The van der Waals surface area contributed by atoms with Crippen LogP contribution in [0.1, 0.15) is 40.0 Å². The molecule has 0 N–H and O–H groups in total. The standard InChI is InChI=1S/C15H22O3/c1-14(2)8-5-9-15(3)11(14)7-6-10(16)12(15)13(17)18-4/h6-7,11-12H,5,8-9H2,1-4H3/t11-,12?,15-/m0/s1. The Hall–Kier alpha value is -1.12. The molecule has 0 amide bonds. The molecule has 0 bridgehead atoms. The Morgan fingerprint density at radius 1 is 1.33 bits per heavy atom. The third-order valence-electron chi connectivity index (χ3n) is 4.92. The van der Waals surface area contributed by atoms with Gasteiger partial charge in [0.2, 0.25) is 0 Å². The quantitative estimate of drug-likeness (QED) is 0.531. The lowest BCUT2D eigenvalue weighted by molar-refractivity contribution is -0.159. The summed E-state index contributed by atoms with van der Waals surface area (Å²) in [5.41, 5.74) is -0.156. The fraction of sp³-hybridized carbons (Fsp3) is 0.733. The SMILES string of the molecule is COC(=O)C1C(=O)C=C[C@H]2C(C)(C)CCC[C@]12C. The molecule has 0 aliphatic heterocycles. The highest BCUT2D eigenvalue weighted by Gasteiger charge is 2.55. The molecule has 0 aromatic carbocycles. The number of hydrogen-bond donors (Lipinski definition) is 0. The van der Waals surface area contributed by atoms with Crippen molar-refractivity contribution in [2.75, 3.05) is 7.11 Å². The second-order valence-electron chi connectivity index (χ2n) is 6.54. The first-order chi connectivity index (χ1) is 8.33. The molecule has 0 aromatic heterocycles. The lowest BCUT2D eigenvalue weighted by atomic mass is 9.50. The van der Waals surface area contributed by atoms with Gasteiger partial charge in [0.1, 0.15) is 5.92 Å². The second-order valence-corrected chi connectivity index (χ2v) is 6.54. The number of hydrogen-bond acceptors (Lipinski definition) is 3. The van der Waals surface area contributed by atoms with Gasteiger partial charge in [0.15, 0.2) is 5.78 Å². The van der Waals surface area contributed by atoms with Gasteiger partial charge in [-0.1, -0.05) is 33.3 Å². The summed E-state index contributed by atoms with van der Waals surface area (Å²) in [5.74, 6) is -0.842. The Morgan fingerprint density at radius 3 is 2.61 bits per heavy atom. The van der Waals surface area contributed by atoms with Crippen LogP contribution in [0.3, 0.4) is 0 Å². The van der Waals surface area contributed by atoms with Crippen molar-refractivity contribution in [1.29, 1.82) is 0 Å². The minimum atomic E-state index is -0.628. The average molecular weight is 250 g/mol. The number of allylic oxidation sites excluding steroid dienone is 2. The number of ether oxygens (including phenoxy) is 1. The fourth-order valence-electron chi connectivity index (χ4n) is 4.05. The largest absolute Gasteiger partial charge is 0.468 e. The zero-order valence-corrected chi connectivity index (χ0v) is 11.7. The highest BCUT2D eigenvalue weighted by Crippen LogP contribution is 2.57. The van der Waals surface area contributed by atoms with Crippen molar-refractivity contribution in [3.05, 3.63) is 12.2 Å². The monoisotopic (exact) mass is 250 g/mol. The summed E-state index contributed by atoms with van der Waals surface area (Å²) in [6.45, 7) is 6.52. The van der Waals surface area contributed by atoms with Crippen molar-refractivity contribution < 1.29 is 14.3 Å². The van der Waals surface area contributed by atoms with Gasteiger partial charge in [-0.3, -0.25) is 9.59 Å². The van der Waals surface area contributed by atoms with Gasteiger partial charge in [-0.05, 0) is 35.7 Å². The molecule has 1 saturated carbocycles. The van der Waals surface area contributed by atoms with Gasteiger partial charge in [-0.2, -0.15) is 0 Å². The van der Waals surface area contributed by atoms with E-state index in [1.165, 1.54) is 7.11 Å².